The van der Waals surface area contributed by atoms with Crippen LogP contribution in [0.5, 0.6) is 5.75 Å². The van der Waals surface area contributed by atoms with Crippen molar-refractivity contribution in [3.63, 3.8) is 0 Å². The normalized spacial score (nSPS) is 16.6. The molecule has 1 saturated heterocycles. The Morgan fingerprint density at radius 1 is 1.33 bits per heavy atom. The lowest BCUT2D eigenvalue weighted by atomic mass is 10.1. The standard InChI is InChI=1S/C15H21ClN2O3/c1-21-14-4-3-12(16)11-13(14)15(20)18-6-2-5-17(7-8-18)9-10-19/h3-4,11,19H,2,5-10H2,1H3. The molecular formula is C15H21ClN2O3. The topological polar surface area (TPSA) is 53.0 Å². The first-order valence-electron chi connectivity index (χ1n) is 7.11. The summed E-state index contributed by atoms with van der Waals surface area (Å²) in [6.07, 6.45) is 0.897. The fourth-order valence-corrected chi connectivity index (χ4v) is 2.73. The summed E-state index contributed by atoms with van der Waals surface area (Å²) >= 11 is 5.99. The Bertz CT molecular complexity index is 496. The van der Waals surface area contributed by atoms with E-state index in [1.165, 1.54) is 0 Å². The third kappa shape index (κ3) is 4.09. The lowest BCUT2D eigenvalue weighted by Gasteiger charge is -2.22. The van der Waals surface area contributed by atoms with Gasteiger partial charge in [-0.2, -0.15) is 0 Å². The number of β-amino-alcohol motifs (C(OH)–C–C–N with tert-alkyl or cyclic N) is 1. The van der Waals surface area contributed by atoms with Crippen molar-refractivity contribution < 1.29 is 14.6 Å². The maximum absolute atomic E-state index is 12.7. The molecule has 0 atom stereocenters. The summed E-state index contributed by atoms with van der Waals surface area (Å²) in [5.74, 6) is 0.487. The van der Waals surface area contributed by atoms with Crippen molar-refractivity contribution >= 4 is 17.5 Å². The number of carbonyl (C=O) groups is 1. The molecule has 2 rings (SSSR count). The number of aliphatic hydroxyl groups excluding tert-OH is 1. The molecule has 1 aliphatic heterocycles. The minimum absolute atomic E-state index is 0.0554. The highest BCUT2D eigenvalue weighted by Gasteiger charge is 2.22. The molecule has 21 heavy (non-hydrogen) atoms. The van der Waals surface area contributed by atoms with Crippen molar-refractivity contribution in [2.24, 2.45) is 0 Å². The van der Waals surface area contributed by atoms with Crippen LogP contribution in [-0.4, -0.2) is 67.3 Å². The van der Waals surface area contributed by atoms with E-state index < -0.39 is 0 Å². The van der Waals surface area contributed by atoms with Gasteiger partial charge in [-0.1, -0.05) is 11.6 Å². The monoisotopic (exact) mass is 312 g/mol. The van der Waals surface area contributed by atoms with Gasteiger partial charge < -0.3 is 14.7 Å². The molecule has 0 saturated carbocycles. The van der Waals surface area contributed by atoms with E-state index in [0.29, 0.717) is 36.0 Å². The quantitative estimate of drug-likeness (QED) is 0.915. The largest absolute Gasteiger partial charge is 0.496 e. The average Bonchev–Trinajstić information content (AvgIpc) is 2.72. The van der Waals surface area contributed by atoms with Gasteiger partial charge in [0.15, 0.2) is 0 Å². The first-order chi connectivity index (χ1) is 10.2. The first-order valence-corrected chi connectivity index (χ1v) is 7.49. The second-order valence-electron chi connectivity index (χ2n) is 5.06. The Morgan fingerprint density at radius 2 is 2.14 bits per heavy atom. The molecule has 0 radical (unpaired) electrons. The van der Waals surface area contributed by atoms with Crippen LogP contribution in [0.4, 0.5) is 0 Å². The molecule has 5 nitrogen and oxygen atoms in total. The number of aliphatic hydroxyl groups is 1. The number of ether oxygens (including phenoxy) is 1. The zero-order valence-electron chi connectivity index (χ0n) is 12.2. The minimum Gasteiger partial charge on any atom is -0.496 e. The molecule has 1 fully saturated rings. The van der Waals surface area contributed by atoms with E-state index in [1.54, 1.807) is 25.3 Å². The molecule has 1 amide bonds. The van der Waals surface area contributed by atoms with Crippen molar-refractivity contribution in [1.82, 2.24) is 9.80 Å². The second kappa shape index (κ2) is 7.64. The summed E-state index contributed by atoms with van der Waals surface area (Å²) in [7, 11) is 1.55. The van der Waals surface area contributed by atoms with Gasteiger partial charge in [0.25, 0.3) is 5.91 Å². The average molecular weight is 313 g/mol. The number of benzene rings is 1. The number of hydrogen-bond donors (Lipinski definition) is 1. The van der Waals surface area contributed by atoms with E-state index in [2.05, 4.69) is 4.90 Å². The zero-order chi connectivity index (χ0) is 15.2. The molecule has 0 aliphatic carbocycles. The highest BCUT2D eigenvalue weighted by molar-refractivity contribution is 6.31. The first kappa shape index (κ1) is 16.1. The van der Waals surface area contributed by atoms with Crippen LogP contribution >= 0.6 is 11.6 Å². The molecule has 1 heterocycles. The molecule has 0 unspecified atom stereocenters. The number of rotatable bonds is 4. The minimum atomic E-state index is -0.0554. The number of halogens is 1. The van der Waals surface area contributed by atoms with Crippen LogP contribution in [0, 0.1) is 0 Å². The van der Waals surface area contributed by atoms with Gasteiger partial charge in [0, 0.05) is 31.2 Å². The number of hydrogen-bond acceptors (Lipinski definition) is 4. The van der Waals surface area contributed by atoms with Gasteiger partial charge >= 0.3 is 0 Å². The fraction of sp³-hybridized carbons (Fsp3) is 0.533. The third-order valence-corrected chi connectivity index (χ3v) is 3.92. The van der Waals surface area contributed by atoms with Crippen LogP contribution < -0.4 is 4.74 Å². The van der Waals surface area contributed by atoms with E-state index in [-0.39, 0.29) is 12.5 Å². The summed E-state index contributed by atoms with van der Waals surface area (Å²) in [4.78, 5) is 16.7. The highest BCUT2D eigenvalue weighted by Crippen LogP contribution is 2.24. The summed E-state index contributed by atoms with van der Waals surface area (Å²) in [6, 6.07) is 5.08. The predicted molar refractivity (Wildman–Crippen MR) is 82.1 cm³/mol. The van der Waals surface area contributed by atoms with Crippen LogP contribution in [0.3, 0.4) is 0 Å². The van der Waals surface area contributed by atoms with Gasteiger partial charge in [0.05, 0.1) is 19.3 Å². The van der Waals surface area contributed by atoms with Crippen LogP contribution in [-0.2, 0) is 0 Å². The van der Waals surface area contributed by atoms with Gasteiger partial charge in [-0.05, 0) is 31.2 Å². The second-order valence-corrected chi connectivity index (χ2v) is 5.49. The molecule has 6 heteroatoms. The van der Waals surface area contributed by atoms with Crippen LogP contribution in [0.15, 0.2) is 18.2 Å². The smallest absolute Gasteiger partial charge is 0.257 e. The molecule has 1 aromatic carbocycles. The predicted octanol–water partition coefficient (Wildman–Crippen LogP) is 1.49. The lowest BCUT2D eigenvalue weighted by Crippen LogP contribution is -2.36. The molecule has 0 aromatic heterocycles. The van der Waals surface area contributed by atoms with E-state index in [0.717, 1.165) is 19.5 Å². The molecule has 1 N–H and O–H groups in total. The van der Waals surface area contributed by atoms with Gasteiger partial charge in [-0.3, -0.25) is 9.69 Å². The molecule has 1 aliphatic rings. The summed E-state index contributed by atoms with van der Waals surface area (Å²) in [6.45, 7) is 3.83. The summed E-state index contributed by atoms with van der Waals surface area (Å²) in [5, 5.41) is 9.53. The molecular weight excluding hydrogens is 292 g/mol. The van der Waals surface area contributed by atoms with Crippen molar-refractivity contribution in [2.75, 3.05) is 46.4 Å². The lowest BCUT2D eigenvalue weighted by molar-refractivity contribution is 0.0757. The van der Waals surface area contributed by atoms with Gasteiger partial charge in [-0.15, -0.1) is 0 Å². The SMILES string of the molecule is COc1ccc(Cl)cc1C(=O)N1CCCN(CCO)CC1. The van der Waals surface area contributed by atoms with E-state index in [1.807, 2.05) is 4.90 Å². The molecule has 116 valence electrons. The number of amides is 1. The van der Waals surface area contributed by atoms with Crippen LogP contribution in [0.25, 0.3) is 0 Å². The van der Waals surface area contributed by atoms with E-state index in [9.17, 15) is 4.79 Å². The van der Waals surface area contributed by atoms with Crippen molar-refractivity contribution in [3.8, 4) is 5.75 Å². The van der Waals surface area contributed by atoms with Gasteiger partial charge in [0.1, 0.15) is 5.75 Å². The van der Waals surface area contributed by atoms with Crippen molar-refractivity contribution in [2.45, 2.75) is 6.42 Å². The maximum Gasteiger partial charge on any atom is 0.257 e. The Morgan fingerprint density at radius 3 is 2.86 bits per heavy atom. The molecule has 0 bridgehead atoms. The van der Waals surface area contributed by atoms with Gasteiger partial charge in [0.2, 0.25) is 0 Å². The van der Waals surface area contributed by atoms with E-state index >= 15 is 0 Å². The van der Waals surface area contributed by atoms with Crippen molar-refractivity contribution in [1.29, 1.82) is 0 Å². The zero-order valence-corrected chi connectivity index (χ0v) is 13.0. The number of methoxy groups -OCH3 is 1. The van der Waals surface area contributed by atoms with Crippen LogP contribution in [0.2, 0.25) is 5.02 Å². The molecule has 1 aromatic rings. The van der Waals surface area contributed by atoms with Crippen LogP contribution in [0.1, 0.15) is 16.8 Å². The maximum atomic E-state index is 12.7. The number of carbonyl (C=O) groups excluding carboxylic acids is 1. The highest BCUT2D eigenvalue weighted by atomic mass is 35.5. The van der Waals surface area contributed by atoms with Crippen molar-refractivity contribution in [3.05, 3.63) is 28.8 Å². The Kier molecular flexibility index (Phi) is 5.85. The molecule has 0 spiro atoms. The van der Waals surface area contributed by atoms with E-state index in [4.69, 9.17) is 21.4 Å². The Hall–Kier alpha value is -1.30. The summed E-state index contributed by atoms with van der Waals surface area (Å²) < 4.78 is 5.25. The fourth-order valence-electron chi connectivity index (χ4n) is 2.56. The number of nitrogens with zero attached hydrogens (tertiary/aromatic N) is 2. The summed E-state index contributed by atoms with van der Waals surface area (Å²) in [5.41, 5.74) is 0.501. The van der Waals surface area contributed by atoms with Gasteiger partial charge in [-0.25, -0.2) is 0 Å². The Labute approximate surface area is 130 Å². The third-order valence-electron chi connectivity index (χ3n) is 3.68. The Balaban J connectivity index is 2.11.